The Labute approximate surface area is 153 Å². The maximum Gasteiger partial charge on any atom is 0.226 e. The van der Waals surface area contributed by atoms with Crippen LogP contribution in [0.25, 0.3) is 0 Å². The molecule has 0 saturated heterocycles. The number of hydrogen-bond donors (Lipinski definition) is 1. The Hall–Kier alpha value is -1.70. The zero-order valence-electron chi connectivity index (χ0n) is 13.2. The minimum absolute atomic E-state index is 0.0255. The number of aryl methyl sites for hydroxylation is 2. The second-order valence-corrected chi connectivity index (χ2v) is 8.51. The Bertz CT molecular complexity index is 799. The zero-order valence-corrected chi connectivity index (χ0v) is 15.6. The molecule has 0 saturated carbocycles. The first kappa shape index (κ1) is 17.1. The number of carbonyl (C=O) groups excluding carboxylic acids is 1. The van der Waals surface area contributed by atoms with Crippen LogP contribution in [-0.2, 0) is 17.0 Å². The molecule has 1 aromatic carbocycles. The Balaban J connectivity index is 1.46. The van der Waals surface area contributed by atoms with Crippen LogP contribution < -0.4 is 5.32 Å². The van der Waals surface area contributed by atoms with Crippen molar-refractivity contribution in [2.45, 2.75) is 29.9 Å². The van der Waals surface area contributed by atoms with Crippen LogP contribution in [0.15, 0.2) is 46.1 Å². The van der Waals surface area contributed by atoms with Gasteiger partial charge in [-0.05, 0) is 30.4 Å². The summed E-state index contributed by atoms with van der Waals surface area (Å²) in [7, 11) is 0. The number of nitrogens with one attached hydrogen (secondary N) is 1. The van der Waals surface area contributed by atoms with Crippen LogP contribution in [0.2, 0.25) is 0 Å². The summed E-state index contributed by atoms with van der Waals surface area (Å²) in [5.41, 5.74) is 2.39. The van der Waals surface area contributed by atoms with E-state index in [9.17, 15) is 4.79 Å². The van der Waals surface area contributed by atoms with E-state index in [-0.39, 0.29) is 5.91 Å². The highest BCUT2D eigenvalue weighted by Gasteiger charge is 2.09. The number of amides is 1. The van der Waals surface area contributed by atoms with E-state index in [1.807, 2.05) is 18.2 Å². The van der Waals surface area contributed by atoms with Crippen molar-refractivity contribution in [1.82, 2.24) is 10.2 Å². The summed E-state index contributed by atoms with van der Waals surface area (Å²) >= 11 is 4.79. The summed E-state index contributed by atoms with van der Waals surface area (Å²) in [4.78, 5) is 13.4. The maximum absolute atomic E-state index is 12.0. The van der Waals surface area contributed by atoms with E-state index in [4.69, 9.17) is 0 Å². The highest BCUT2D eigenvalue weighted by Crippen LogP contribution is 2.29. The second kappa shape index (κ2) is 8.41. The average molecular weight is 376 g/mol. The van der Waals surface area contributed by atoms with Crippen molar-refractivity contribution in [3.63, 3.8) is 0 Å². The molecule has 0 atom stereocenters. The first-order valence-corrected chi connectivity index (χ1v) is 10.2. The summed E-state index contributed by atoms with van der Waals surface area (Å²) in [6.07, 6.45) is 1.17. The number of anilines is 1. The topological polar surface area (TPSA) is 54.9 Å². The standard InChI is InChI=1S/C17H17N3OS3/c1-12-4-2-5-13(10-12)7-8-15(21)18-16-19-20-17(24-16)23-11-14-6-3-9-22-14/h2-6,9-10H,7-8,11H2,1H3,(H,18,19,21). The Morgan fingerprint density at radius 2 is 2.17 bits per heavy atom. The minimum Gasteiger partial charge on any atom is -0.300 e. The molecule has 2 heterocycles. The fourth-order valence-electron chi connectivity index (χ4n) is 2.15. The first-order chi connectivity index (χ1) is 11.7. The molecule has 3 rings (SSSR count). The van der Waals surface area contributed by atoms with Gasteiger partial charge in [-0.25, -0.2) is 0 Å². The summed E-state index contributed by atoms with van der Waals surface area (Å²) < 4.78 is 0.873. The van der Waals surface area contributed by atoms with Gasteiger partial charge in [-0.3, -0.25) is 4.79 Å². The fraction of sp³-hybridized carbons (Fsp3) is 0.235. The van der Waals surface area contributed by atoms with Gasteiger partial charge in [0, 0.05) is 17.1 Å². The van der Waals surface area contributed by atoms with E-state index >= 15 is 0 Å². The van der Waals surface area contributed by atoms with E-state index in [1.165, 1.54) is 27.3 Å². The third-order valence-corrected chi connectivity index (χ3v) is 6.37. The lowest BCUT2D eigenvalue weighted by molar-refractivity contribution is -0.116. The molecule has 1 N–H and O–H groups in total. The van der Waals surface area contributed by atoms with E-state index in [0.29, 0.717) is 11.6 Å². The van der Waals surface area contributed by atoms with Crippen LogP contribution in [0, 0.1) is 6.92 Å². The predicted octanol–water partition coefficient (Wildman–Crippen LogP) is 4.77. The lowest BCUT2D eigenvalue weighted by atomic mass is 10.1. The van der Waals surface area contributed by atoms with Crippen molar-refractivity contribution in [3.05, 3.63) is 57.8 Å². The number of hydrogen-bond acceptors (Lipinski definition) is 6. The van der Waals surface area contributed by atoms with E-state index in [0.717, 1.165) is 16.5 Å². The van der Waals surface area contributed by atoms with Crippen LogP contribution in [0.3, 0.4) is 0 Å². The molecule has 0 fully saturated rings. The molecule has 0 aliphatic heterocycles. The number of benzene rings is 1. The van der Waals surface area contributed by atoms with Crippen molar-refractivity contribution in [1.29, 1.82) is 0 Å². The molecular formula is C17H17N3OS3. The van der Waals surface area contributed by atoms with Crippen molar-refractivity contribution >= 4 is 45.5 Å². The number of carbonyl (C=O) groups is 1. The molecule has 2 aromatic heterocycles. The largest absolute Gasteiger partial charge is 0.300 e. The summed E-state index contributed by atoms with van der Waals surface area (Å²) in [5.74, 6) is 0.857. The van der Waals surface area contributed by atoms with Crippen LogP contribution in [-0.4, -0.2) is 16.1 Å². The average Bonchev–Trinajstić information content (AvgIpc) is 3.23. The summed E-state index contributed by atoms with van der Waals surface area (Å²) in [6, 6.07) is 12.4. The van der Waals surface area contributed by atoms with E-state index in [1.54, 1.807) is 23.1 Å². The van der Waals surface area contributed by atoms with Crippen molar-refractivity contribution in [2.75, 3.05) is 5.32 Å². The van der Waals surface area contributed by atoms with Gasteiger partial charge in [0.25, 0.3) is 0 Å². The van der Waals surface area contributed by atoms with Gasteiger partial charge >= 0.3 is 0 Å². The van der Waals surface area contributed by atoms with Gasteiger partial charge in [0.1, 0.15) is 0 Å². The van der Waals surface area contributed by atoms with Crippen molar-refractivity contribution in [2.24, 2.45) is 0 Å². The van der Waals surface area contributed by atoms with Gasteiger partial charge in [0.2, 0.25) is 11.0 Å². The molecular weight excluding hydrogens is 358 g/mol. The van der Waals surface area contributed by atoms with Crippen LogP contribution in [0.5, 0.6) is 0 Å². The molecule has 24 heavy (non-hydrogen) atoms. The molecule has 4 nitrogen and oxygen atoms in total. The first-order valence-electron chi connectivity index (χ1n) is 7.53. The molecule has 0 aliphatic carbocycles. The number of nitrogens with zero attached hydrogens (tertiary/aromatic N) is 2. The minimum atomic E-state index is -0.0255. The predicted molar refractivity (Wildman–Crippen MR) is 102 cm³/mol. The molecule has 0 unspecified atom stereocenters. The van der Waals surface area contributed by atoms with Gasteiger partial charge in [-0.15, -0.1) is 21.5 Å². The van der Waals surface area contributed by atoms with Crippen molar-refractivity contribution < 1.29 is 4.79 Å². The molecule has 0 spiro atoms. The lowest BCUT2D eigenvalue weighted by Gasteiger charge is -2.02. The maximum atomic E-state index is 12.0. The molecule has 0 bridgehead atoms. The highest BCUT2D eigenvalue weighted by molar-refractivity contribution is 8.00. The molecule has 3 aromatic rings. The normalized spacial score (nSPS) is 10.7. The van der Waals surface area contributed by atoms with Gasteiger partial charge in [0.15, 0.2) is 4.34 Å². The number of thiophene rings is 1. The molecule has 1 amide bonds. The number of thioether (sulfide) groups is 1. The molecule has 0 aliphatic rings. The summed E-state index contributed by atoms with van der Waals surface area (Å²) in [6.45, 7) is 2.06. The highest BCUT2D eigenvalue weighted by atomic mass is 32.2. The van der Waals surface area contributed by atoms with Gasteiger partial charge in [0.05, 0.1) is 0 Å². The number of rotatable bonds is 7. The van der Waals surface area contributed by atoms with Crippen LogP contribution >= 0.6 is 34.4 Å². The zero-order chi connectivity index (χ0) is 16.8. The van der Waals surface area contributed by atoms with E-state index in [2.05, 4.69) is 46.0 Å². The number of aromatic nitrogens is 2. The van der Waals surface area contributed by atoms with Crippen LogP contribution in [0.4, 0.5) is 5.13 Å². The lowest BCUT2D eigenvalue weighted by Crippen LogP contribution is -2.12. The van der Waals surface area contributed by atoms with Crippen LogP contribution in [0.1, 0.15) is 22.4 Å². The van der Waals surface area contributed by atoms with E-state index < -0.39 is 0 Å². The van der Waals surface area contributed by atoms with Gasteiger partial charge in [-0.1, -0.05) is 59.0 Å². The molecule has 0 radical (unpaired) electrons. The third-order valence-electron chi connectivity index (χ3n) is 3.29. The van der Waals surface area contributed by atoms with Gasteiger partial charge < -0.3 is 5.32 Å². The van der Waals surface area contributed by atoms with Crippen molar-refractivity contribution in [3.8, 4) is 0 Å². The Kier molecular flexibility index (Phi) is 6.01. The fourth-order valence-corrected chi connectivity index (χ4v) is 4.69. The third kappa shape index (κ3) is 5.15. The van der Waals surface area contributed by atoms with Gasteiger partial charge in [-0.2, -0.15) is 0 Å². The quantitative estimate of drug-likeness (QED) is 0.477. The smallest absolute Gasteiger partial charge is 0.226 e. The summed E-state index contributed by atoms with van der Waals surface area (Å²) in [5, 5.41) is 13.6. The Morgan fingerprint density at radius 3 is 2.96 bits per heavy atom. The SMILES string of the molecule is Cc1cccc(CCC(=O)Nc2nnc(SCc3cccs3)s2)c1. The Morgan fingerprint density at radius 1 is 1.25 bits per heavy atom. The molecule has 7 heteroatoms. The molecule has 124 valence electrons. The monoisotopic (exact) mass is 375 g/mol. The second-order valence-electron chi connectivity index (χ2n) is 5.28.